The molecular formula is C12H10BrFN2. The normalized spacial score (nSPS) is 10.2. The van der Waals surface area contributed by atoms with Crippen LogP contribution in [0.15, 0.2) is 47.1 Å². The van der Waals surface area contributed by atoms with Gasteiger partial charge in [-0.05, 0) is 30.3 Å². The third-order valence-corrected chi connectivity index (χ3v) is 2.76. The summed E-state index contributed by atoms with van der Waals surface area (Å²) < 4.78 is 14.5. The van der Waals surface area contributed by atoms with Gasteiger partial charge in [0.05, 0.1) is 5.69 Å². The van der Waals surface area contributed by atoms with Gasteiger partial charge in [0.25, 0.3) is 0 Å². The first-order chi connectivity index (χ1) is 7.68. The van der Waals surface area contributed by atoms with E-state index in [9.17, 15) is 4.39 Å². The Balaban J connectivity index is 2.41. The van der Waals surface area contributed by atoms with Crippen LogP contribution in [0.25, 0.3) is 0 Å². The van der Waals surface area contributed by atoms with Crippen LogP contribution < -0.4 is 4.90 Å². The molecule has 0 bridgehead atoms. The van der Waals surface area contributed by atoms with Gasteiger partial charge in [-0.25, -0.2) is 9.37 Å². The maximum absolute atomic E-state index is 13.6. The molecule has 0 unspecified atom stereocenters. The molecule has 16 heavy (non-hydrogen) atoms. The van der Waals surface area contributed by atoms with Crippen LogP contribution in [0.4, 0.5) is 15.9 Å². The Kier molecular flexibility index (Phi) is 3.19. The fraction of sp³-hybridized carbons (Fsp3) is 0.0833. The van der Waals surface area contributed by atoms with Crippen LogP contribution in [0.5, 0.6) is 0 Å². The number of anilines is 2. The Bertz CT molecular complexity index is 488. The smallest absolute Gasteiger partial charge is 0.146 e. The average molecular weight is 281 g/mol. The molecule has 0 radical (unpaired) electrons. The molecule has 0 amide bonds. The van der Waals surface area contributed by atoms with E-state index >= 15 is 0 Å². The third-order valence-electron chi connectivity index (χ3n) is 2.26. The van der Waals surface area contributed by atoms with Crippen molar-refractivity contribution in [3.8, 4) is 0 Å². The van der Waals surface area contributed by atoms with E-state index in [0.717, 1.165) is 4.47 Å². The molecule has 0 aliphatic carbocycles. The van der Waals surface area contributed by atoms with Gasteiger partial charge in [-0.1, -0.05) is 22.0 Å². The second-order valence-electron chi connectivity index (χ2n) is 3.34. The van der Waals surface area contributed by atoms with E-state index in [0.29, 0.717) is 11.5 Å². The SMILES string of the molecule is CN(c1ccccn1)c1cc(Br)ccc1F. The van der Waals surface area contributed by atoms with Crippen molar-refractivity contribution >= 4 is 27.4 Å². The van der Waals surface area contributed by atoms with Crippen molar-refractivity contribution in [2.24, 2.45) is 0 Å². The maximum Gasteiger partial charge on any atom is 0.146 e. The highest BCUT2D eigenvalue weighted by atomic mass is 79.9. The minimum Gasteiger partial charge on any atom is -0.327 e. The molecule has 4 heteroatoms. The summed E-state index contributed by atoms with van der Waals surface area (Å²) in [6, 6.07) is 10.4. The van der Waals surface area contributed by atoms with Gasteiger partial charge in [0.15, 0.2) is 0 Å². The van der Waals surface area contributed by atoms with Gasteiger partial charge < -0.3 is 4.90 Å². The fourth-order valence-electron chi connectivity index (χ4n) is 1.42. The number of pyridine rings is 1. The number of rotatable bonds is 2. The van der Waals surface area contributed by atoms with Crippen molar-refractivity contribution in [2.75, 3.05) is 11.9 Å². The molecule has 1 heterocycles. The Labute approximate surface area is 102 Å². The van der Waals surface area contributed by atoms with E-state index in [1.807, 2.05) is 18.2 Å². The number of nitrogens with zero attached hydrogens (tertiary/aromatic N) is 2. The molecule has 0 aliphatic heterocycles. The van der Waals surface area contributed by atoms with E-state index in [-0.39, 0.29) is 5.82 Å². The zero-order valence-electron chi connectivity index (χ0n) is 8.69. The Morgan fingerprint density at radius 1 is 1.25 bits per heavy atom. The van der Waals surface area contributed by atoms with Gasteiger partial charge in [-0.3, -0.25) is 0 Å². The quantitative estimate of drug-likeness (QED) is 0.833. The number of hydrogen-bond donors (Lipinski definition) is 0. The van der Waals surface area contributed by atoms with Crippen molar-refractivity contribution in [3.05, 3.63) is 52.9 Å². The first-order valence-corrected chi connectivity index (χ1v) is 5.57. The lowest BCUT2D eigenvalue weighted by Gasteiger charge is -2.18. The highest BCUT2D eigenvalue weighted by molar-refractivity contribution is 9.10. The Morgan fingerprint density at radius 2 is 2.06 bits per heavy atom. The predicted octanol–water partition coefficient (Wildman–Crippen LogP) is 3.75. The molecule has 2 nitrogen and oxygen atoms in total. The van der Waals surface area contributed by atoms with E-state index in [1.54, 1.807) is 30.3 Å². The highest BCUT2D eigenvalue weighted by Crippen LogP contribution is 2.27. The second kappa shape index (κ2) is 4.61. The van der Waals surface area contributed by atoms with Gasteiger partial charge in [-0.15, -0.1) is 0 Å². The van der Waals surface area contributed by atoms with E-state index < -0.39 is 0 Å². The van der Waals surface area contributed by atoms with Crippen molar-refractivity contribution in [1.29, 1.82) is 0 Å². The largest absolute Gasteiger partial charge is 0.327 e. The standard InChI is InChI=1S/C12H10BrFN2/c1-16(12-4-2-3-7-15-12)11-8-9(13)5-6-10(11)14/h2-8H,1H3. The van der Waals surface area contributed by atoms with Crippen LogP contribution in [0.1, 0.15) is 0 Å². The summed E-state index contributed by atoms with van der Waals surface area (Å²) in [5.74, 6) is 0.441. The molecule has 0 aliphatic rings. The zero-order chi connectivity index (χ0) is 11.5. The first kappa shape index (κ1) is 11.1. The maximum atomic E-state index is 13.6. The van der Waals surface area contributed by atoms with Crippen LogP contribution in [-0.4, -0.2) is 12.0 Å². The Morgan fingerprint density at radius 3 is 2.75 bits per heavy atom. The van der Waals surface area contributed by atoms with Crippen LogP contribution >= 0.6 is 15.9 Å². The summed E-state index contributed by atoms with van der Waals surface area (Å²) in [5, 5.41) is 0. The molecule has 0 atom stereocenters. The molecule has 2 rings (SSSR count). The minimum atomic E-state index is -0.267. The summed E-state index contributed by atoms with van der Waals surface area (Å²) in [5.41, 5.74) is 0.494. The number of aromatic nitrogens is 1. The van der Waals surface area contributed by atoms with Crippen LogP contribution in [-0.2, 0) is 0 Å². The van der Waals surface area contributed by atoms with Crippen LogP contribution in [0.2, 0.25) is 0 Å². The monoisotopic (exact) mass is 280 g/mol. The number of hydrogen-bond acceptors (Lipinski definition) is 2. The molecule has 1 aromatic heterocycles. The predicted molar refractivity (Wildman–Crippen MR) is 66.4 cm³/mol. The summed E-state index contributed by atoms with van der Waals surface area (Å²) in [4.78, 5) is 5.88. The first-order valence-electron chi connectivity index (χ1n) is 4.78. The molecule has 82 valence electrons. The molecule has 0 N–H and O–H groups in total. The van der Waals surface area contributed by atoms with E-state index in [1.165, 1.54) is 6.07 Å². The minimum absolute atomic E-state index is 0.267. The van der Waals surface area contributed by atoms with Gasteiger partial charge in [0, 0.05) is 17.7 Å². The van der Waals surface area contributed by atoms with Crippen molar-refractivity contribution in [1.82, 2.24) is 4.98 Å². The van der Waals surface area contributed by atoms with Gasteiger partial charge in [-0.2, -0.15) is 0 Å². The van der Waals surface area contributed by atoms with Crippen LogP contribution in [0.3, 0.4) is 0 Å². The summed E-state index contributed by atoms with van der Waals surface area (Å²) in [6.07, 6.45) is 1.68. The van der Waals surface area contributed by atoms with Gasteiger partial charge >= 0.3 is 0 Å². The van der Waals surface area contributed by atoms with Crippen molar-refractivity contribution in [2.45, 2.75) is 0 Å². The van der Waals surface area contributed by atoms with Gasteiger partial charge in [0.1, 0.15) is 11.6 Å². The Hall–Kier alpha value is -1.42. The fourth-order valence-corrected chi connectivity index (χ4v) is 1.77. The molecule has 2 aromatic rings. The van der Waals surface area contributed by atoms with Crippen LogP contribution in [0, 0.1) is 5.82 Å². The number of halogens is 2. The number of benzene rings is 1. The molecule has 0 saturated heterocycles. The van der Waals surface area contributed by atoms with Crippen molar-refractivity contribution in [3.63, 3.8) is 0 Å². The van der Waals surface area contributed by atoms with E-state index in [4.69, 9.17) is 0 Å². The third kappa shape index (κ3) is 2.22. The lowest BCUT2D eigenvalue weighted by molar-refractivity contribution is 0.627. The van der Waals surface area contributed by atoms with E-state index in [2.05, 4.69) is 20.9 Å². The molecular weight excluding hydrogens is 271 g/mol. The molecule has 1 aromatic carbocycles. The lowest BCUT2D eigenvalue weighted by atomic mass is 10.3. The lowest BCUT2D eigenvalue weighted by Crippen LogP contribution is -2.12. The molecule has 0 saturated carbocycles. The van der Waals surface area contributed by atoms with Gasteiger partial charge in [0.2, 0.25) is 0 Å². The average Bonchev–Trinajstić information content (AvgIpc) is 2.32. The second-order valence-corrected chi connectivity index (χ2v) is 4.26. The topological polar surface area (TPSA) is 16.1 Å². The highest BCUT2D eigenvalue weighted by Gasteiger charge is 2.10. The molecule has 0 fully saturated rings. The zero-order valence-corrected chi connectivity index (χ0v) is 10.3. The summed E-state index contributed by atoms with van der Waals surface area (Å²) in [6.45, 7) is 0. The van der Waals surface area contributed by atoms with Crippen molar-refractivity contribution < 1.29 is 4.39 Å². The molecule has 0 spiro atoms. The summed E-state index contributed by atoms with van der Waals surface area (Å²) >= 11 is 3.32. The summed E-state index contributed by atoms with van der Waals surface area (Å²) in [7, 11) is 1.78.